The second-order valence-electron chi connectivity index (χ2n) is 14.9. The first-order valence-electron chi connectivity index (χ1n) is 17.6. The Morgan fingerprint density at radius 3 is 1.88 bits per heavy atom. The van der Waals surface area contributed by atoms with Gasteiger partial charge in [0.1, 0.15) is 11.2 Å². The maximum Gasteiger partial charge on any atom is 0.136 e. The number of anilines is 3. The Labute approximate surface area is 293 Å². The SMILES string of the molecule is CC1(C)c2ccccc2-c2ccc(N(c3cccc(-c4cccc5oc6ccccc6c45)c3)c3cccc4c3C(C)(C)c3ccccc3-4)cc21. The maximum absolute atomic E-state index is 6.31. The van der Waals surface area contributed by atoms with E-state index in [1.54, 1.807) is 0 Å². The fourth-order valence-electron chi connectivity index (χ4n) is 9.09. The van der Waals surface area contributed by atoms with Crippen molar-refractivity contribution in [2.24, 2.45) is 0 Å². The van der Waals surface area contributed by atoms with Gasteiger partial charge >= 0.3 is 0 Å². The normalized spacial score (nSPS) is 14.7. The fraction of sp³-hybridized carbons (Fsp3) is 0.125. The van der Waals surface area contributed by atoms with Crippen LogP contribution in [0.25, 0.3) is 55.3 Å². The third kappa shape index (κ3) is 3.96. The van der Waals surface area contributed by atoms with Crippen LogP contribution < -0.4 is 4.90 Å². The lowest BCUT2D eigenvalue weighted by molar-refractivity contribution is 0.658. The first-order chi connectivity index (χ1) is 24.3. The predicted octanol–water partition coefficient (Wildman–Crippen LogP) is 13.3. The Morgan fingerprint density at radius 1 is 0.440 bits per heavy atom. The molecule has 8 aromatic rings. The Bertz CT molecular complexity index is 2670. The Morgan fingerprint density at radius 2 is 1.04 bits per heavy atom. The average Bonchev–Trinajstić information content (AvgIpc) is 3.72. The van der Waals surface area contributed by atoms with Crippen molar-refractivity contribution in [3.05, 3.63) is 174 Å². The molecule has 0 atom stereocenters. The summed E-state index contributed by atoms with van der Waals surface area (Å²) in [5, 5.41) is 2.29. The molecule has 7 aromatic carbocycles. The highest BCUT2D eigenvalue weighted by atomic mass is 16.3. The lowest BCUT2D eigenvalue weighted by atomic mass is 9.81. The maximum atomic E-state index is 6.31. The molecule has 10 rings (SSSR count). The highest BCUT2D eigenvalue weighted by molar-refractivity contribution is 6.12. The fourth-order valence-corrected chi connectivity index (χ4v) is 9.09. The predicted molar refractivity (Wildman–Crippen MR) is 209 cm³/mol. The van der Waals surface area contributed by atoms with E-state index < -0.39 is 0 Å². The number of rotatable bonds is 4. The van der Waals surface area contributed by atoms with E-state index in [4.69, 9.17) is 4.42 Å². The summed E-state index contributed by atoms with van der Waals surface area (Å²) in [6.07, 6.45) is 0. The van der Waals surface area contributed by atoms with Crippen molar-refractivity contribution in [1.29, 1.82) is 0 Å². The number of hydrogen-bond acceptors (Lipinski definition) is 2. The van der Waals surface area contributed by atoms with Gasteiger partial charge in [-0.2, -0.15) is 0 Å². The number of fused-ring (bicyclic) bond motifs is 9. The minimum atomic E-state index is -0.175. The van der Waals surface area contributed by atoms with Gasteiger partial charge in [-0.1, -0.05) is 137 Å². The molecule has 2 aliphatic rings. The van der Waals surface area contributed by atoms with Crippen LogP contribution in [0.3, 0.4) is 0 Å². The van der Waals surface area contributed by atoms with Crippen molar-refractivity contribution in [3.63, 3.8) is 0 Å². The Kier molecular flexibility index (Phi) is 6.01. The number of hydrogen-bond donors (Lipinski definition) is 0. The Balaban J connectivity index is 1.22. The molecule has 0 aliphatic heterocycles. The highest BCUT2D eigenvalue weighted by Gasteiger charge is 2.40. The Hall–Kier alpha value is -5.86. The van der Waals surface area contributed by atoms with E-state index in [2.05, 4.69) is 178 Å². The summed E-state index contributed by atoms with van der Waals surface area (Å²) in [5.74, 6) is 0. The molecule has 50 heavy (non-hydrogen) atoms. The molecule has 0 radical (unpaired) electrons. The van der Waals surface area contributed by atoms with Crippen LogP contribution in [0.5, 0.6) is 0 Å². The molecule has 2 heteroatoms. The van der Waals surface area contributed by atoms with Crippen molar-refractivity contribution in [2.75, 3.05) is 4.90 Å². The number of benzene rings is 7. The molecule has 2 aliphatic carbocycles. The molecule has 0 saturated heterocycles. The lowest BCUT2D eigenvalue weighted by Crippen LogP contribution is -2.21. The smallest absolute Gasteiger partial charge is 0.136 e. The zero-order valence-electron chi connectivity index (χ0n) is 28.8. The largest absolute Gasteiger partial charge is 0.456 e. The van der Waals surface area contributed by atoms with Crippen LogP contribution in [-0.4, -0.2) is 0 Å². The van der Waals surface area contributed by atoms with Crippen LogP contribution >= 0.6 is 0 Å². The zero-order chi connectivity index (χ0) is 33.8. The summed E-state index contributed by atoms with van der Waals surface area (Å²) in [7, 11) is 0. The van der Waals surface area contributed by atoms with Gasteiger partial charge in [-0.15, -0.1) is 0 Å². The molecule has 0 N–H and O–H groups in total. The zero-order valence-corrected chi connectivity index (χ0v) is 28.8. The number of nitrogens with zero attached hydrogens (tertiary/aromatic N) is 1. The van der Waals surface area contributed by atoms with Gasteiger partial charge < -0.3 is 9.32 Å². The van der Waals surface area contributed by atoms with E-state index in [0.29, 0.717) is 0 Å². The van der Waals surface area contributed by atoms with Crippen LogP contribution in [0, 0.1) is 0 Å². The highest BCUT2D eigenvalue weighted by Crippen LogP contribution is 2.56. The first kappa shape index (κ1) is 29.1. The quantitative estimate of drug-likeness (QED) is 0.190. The second-order valence-corrected chi connectivity index (χ2v) is 14.9. The molecule has 0 fully saturated rings. The van der Waals surface area contributed by atoms with E-state index in [0.717, 1.165) is 38.9 Å². The third-order valence-electron chi connectivity index (χ3n) is 11.4. The topological polar surface area (TPSA) is 16.4 Å². The standard InChI is InChI=1S/C48H37NO/c1-47(2)39-21-8-5-16-34(39)36-27-26-32(29-41(36)47)49(42-23-12-20-37-35-17-6-9-22-40(35)48(3,4)46(37)42)31-15-11-14-30(28-31)33-19-13-25-44-45(33)38-18-7-10-24-43(38)50-44/h5-29H,1-4H3. The molecule has 2 nitrogen and oxygen atoms in total. The van der Waals surface area contributed by atoms with E-state index in [-0.39, 0.29) is 10.8 Å². The van der Waals surface area contributed by atoms with Gasteiger partial charge in [0.05, 0.1) is 5.69 Å². The average molecular weight is 644 g/mol. The van der Waals surface area contributed by atoms with Crippen LogP contribution in [-0.2, 0) is 10.8 Å². The number of para-hydroxylation sites is 1. The molecule has 0 spiro atoms. The molecule has 0 unspecified atom stereocenters. The van der Waals surface area contributed by atoms with E-state index in [1.165, 1.54) is 55.8 Å². The van der Waals surface area contributed by atoms with Crippen LogP contribution in [0.4, 0.5) is 17.1 Å². The summed E-state index contributed by atoms with van der Waals surface area (Å²) < 4.78 is 6.31. The summed E-state index contributed by atoms with van der Waals surface area (Å²) in [5.41, 5.74) is 18.2. The summed E-state index contributed by atoms with van der Waals surface area (Å²) >= 11 is 0. The van der Waals surface area contributed by atoms with Crippen LogP contribution in [0.1, 0.15) is 49.9 Å². The minimum absolute atomic E-state index is 0.110. The summed E-state index contributed by atoms with van der Waals surface area (Å²) in [6, 6.07) is 55.6. The third-order valence-corrected chi connectivity index (χ3v) is 11.4. The molecule has 1 heterocycles. The van der Waals surface area contributed by atoms with Crippen molar-refractivity contribution in [2.45, 2.75) is 38.5 Å². The van der Waals surface area contributed by atoms with Gasteiger partial charge in [0.15, 0.2) is 0 Å². The van der Waals surface area contributed by atoms with Crippen LogP contribution in [0.2, 0.25) is 0 Å². The van der Waals surface area contributed by atoms with Gasteiger partial charge in [-0.05, 0) is 98.1 Å². The van der Waals surface area contributed by atoms with Gasteiger partial charge in [0, 0.05) is 33.0 Å². The van der Waals surface area contributed by atoms with Crippen molar-refractivity contribution >= 4 is 39.0 Å². The molecule has 0 amide bonds. The summed E-state index contributed by atoms with van der Waals surface area (Å²) in [6.45, 7) is 9.48. The van der Waals surface area contributed by atoms with Crippen molar-refractivity contribution < 1.29 is 4.42 Å². The van der Waals surface area contributed by atoms with E-state index in [1.807, 2.05) is 6.07 Å². The monoisotopic (exact) mass is 643 g/mol. The molecule has 240 valence electrons. The molecular formula is C48H37NO. The lowest BCUT2D eigenvalue weighted by Gasteiger charge is -2.33. The molecular weight excluding hydrogens is 607 g/mol. The first-order valence-corrected chi connectivity index (χ1v) is 17.6. The van der Waals surface area contributed by atoms with Crippen LogP contribution in [0.15, 0.2) is 156 Å². The van der Waals surface area contributed by atoms with Gasteiger partial charge in [0.2, 0.25) is 0 Å². The van der Waals surface area contributed by atoms with Crippen molar-refractivity contribution in [3.8, 4) is 33.4 Å². The number of furan rings is 1. The van der Waals surface area contributed by atoms with Gasteiger partial charge in [-0.3, -0.25) is 0 Å². The van der Waals surface area contributed by atoms with Gasteiger partial charge in [0.25, 0.3) is 0 Å². The molecule has 0 saturated carbocycles. The van der Waals surface area contributed by atoms with E-state index >= 15 is 0 Å². The second kappa shape index (κ2) is 10.3. The summed E-state index contributed by atoms with van der Waals surface area (Å²) in [4.78, 5) is 2.50. The van der Waals surface area contributed by atoms with Gasteiger partial charge in [-0.25, -0.2) is 0 Å². The molecule has 1 aromatic heterocycles. The van der Waals surface area contributed by atoms with E-state index in [9.17, 15) is 0 Å². The molecule has 0 bridgehead atoms. The minimum Gasteiger partial charge on any atom is -0.456 e. The van der Waals surface area contributed by atoms with Crippen molar-refractivity contribution in [1.82, 2.24) is 0 Å².